The Hall–Kier alpha value is -13.3. The van der Waals surface area contributed by atoms with E-state index in [4.69, 9.17) is 80.5 Å². The molecule has 2 atom stereocenters. The van der Waals surface area contributed by atoms with E-state index >= 15 is 16.8 Å². The van der Waals surface area contributed by atoms with Crippen LogP contribution in [-0.4, -0.2) is 254 Å². The number of esters is 6. The summed E-state index contributed by atoms with van der Waals surface area (Å²) < 4.78 is 160. The molecule has 0 bridgehead atoms. The Morgan fingerprint density at radius 1 is 0.313 bits per heavy atom. The third kappa shape index (κ3) is 48.3. The van der Waals surface area contributed by atoms with Gasteiger partial charge in [0, 0.05) is 24.5 Å². The number of nitrogens with zero attached hydrogens (tertiary/aromatic N) is 6. The normalized spacial score (nSPS) is 12.9. The van der Waals surface area contributed by atoms with Gasteiger partial charge in [-0.25, -0.2) is 38.4 Å². The first kappa shape index (κ1) is 122. The maximum absolute atomic E-state index is 15.6. The van der Waals surface area contributed by atoms with Gasteiger partial charge in [-0.05, 0) is 261 Å². The molecular weight excluding hydrogens is 1960 g/mol. The van der Waals surface area contributed by atoms with E-state index in [1.54, 1.807) is 185 Å². The van der Waals surface area contributed by atoms with Gasteiger partial charge in [0.2, 0.25) is 11.9 Å². The van der Waals surface area contributed by atoms with Gasteiger partial charge < -0.3 is 91.2 Å². The molecule has 6 amide bonds. The third-order valence-electron chi connectivity index (χ3n) is 18.1. The van der Waals surface area contributed by atoms with Crippen LogP contribution >= 0.6 is 0 Å². The summed E-state index contributed by atoms with van der Waals surface area (Å²) >= 11 is 0. The second kappa shape index (κ2) is 55.5. The fourth-order valence-electron chi connectivity index (χ4n) is 12.3. The number of ether oxygens (including phenoxy) is 17. The van der Waals surface area contributed by atoms with Gasteiger partial charge in [0.15, 0.2) is 0 Å². The molecule has 45 heteroatoms. The molecule has 4 N–H and O–H groups in total. The number of guanidine groups is 2. The number of nitrogens with one attached hydrogen (secondary N) is 4. The van der Waals surface area contributed by atoms with Crippen LogP contribution in [0.1, 0.15) is 222 Å². The summed E-state index contributed by atoms with van der Waals surface area (Å²) in [6.45, 7) is 33.1. The maximum Gasteiger partial charge on any atom is 0.437 e. The number of alkyl carbamates (subject to hydrolysis) is 2. The van der Waals surface area contributed by atoms with Crippen LogP contribution in [0.4, 0.5) is 40.1 Å². The van der Waals surface area contributed by atoms with E-state index in [9.17, 15) is 57.5 Å². The summed E-state index contributed by atoms with van der Waals surface area (Å²) in [6.07, 6.45) is -8.56. The SMILES string of the molecule is CC(C)(C)OC(=O)C[C@@H](C(=O)OC(C)(C)C)N(CCOCCOCCOCCOCCOCCN([C@@H](CC(=O)OC(C)(C)C)C(=O)OC(C)(C)C)S(=O)(=O)N(Cc1ccc(OC(=O)c2ccc(NC(=NC(=O)OC(C)(C)C)NC(=O)OC(C)(C)C)cc2)cc1)C(=O)OCc1ccccc1)S(=O)(=O)N(Cc1ccc(OC(=O)c2ccc(NC(=NC(=O)OC(C)(C)C)NC(=O)OC(C)(C)C)cc2)cc1)C(=O)OCc1ccccc1. The summed E-state index contributed by atoms with van der Waals surface area (Å²) in [5, 5.41) is 10.3. The zero-order valence-electron chi connectivity index (χ0n) is 87.9. The standard InChI is InChI=1S/C102H140N10O33S2/c1-95(2,3)138-81(113)63-79(85(117)140-97(7,8)9)109(146(125,126)111(93(123)134-67-71-31-27-25-28-32-71)65-69-35-47-77(48-36-69)136-83(115)73-39-43-75(44-40-73)103-87(105-89(119)142-99(13,14)15)106-90(120)143-100(16,17)18)51-53-129-55-57-131-59-61-133-62-60-132-58-56-130-54-52-110(80(86(118)141-98(10,11)12)64-82(114)139-96(4,5)6)147(127,128)112(94(124)135-68-72-33-29-26-30-34-72)66-70-37-49-78(50-38-70)137-84(116)74-41-45-76(46-42-74)104-88(107-91(121)144-101(19,20)21)108-92(122)145-102(22,23)24/h25-50,79-80H,51-68H2,1-24H3,(H2,103,105,106,119,120)(H2,104,107,108,121,122)/t79-,80-/m0/s1. The van der Waals surface area contributed by atoms with E-state index in [2.05, 4.69) is 31.3 Å². The van der Waals surface area contributed by atoms with Crippen LogP contribution in [-0.2, 0) is 137 Å². The van der Waals surface area contributed by atoms with E-state index in [1.807, 2.05) is 0 Å². The van der Waals surface area contributed by atoms with Gasteiger partial charge in [-0.2, -0.15) is 34.1 Å². The Bertz CT molecular complexity index is 5320. The lowest BCUT2D eigenvalue weighted by Crippen LogP contribution is -2.55. The van der Waals surface area contributed by atoms with Gasteiger partial charge in [0.1, 0.15) is 81.6 Å². The smallest absolute Gasteiger partial charge is 0.437 e. The molecule has 43 nitrogen and oxygen atoms in total. The summed E-state index contributed by atoms with van der Waals surface area (Å²) in [5.41, 5.74) is -6.62. The van der Waals surface area contributed by atoms with Crippen LogP contribution in [0.2, 0.25) is 0 Å². The highest BCUT2D eigenvalue weighted by Gasteiger charge is 2.47. The number of anilines is 2. The van der Waals surface area contributed by atoms with E-state index in [1.165, 1.54) is 139 Å². The Labute approximate surface area is 858 Å². The first-order valence-corrected chi connectivity index (χ1v) is 49.8. The number of carbonyl (C=O) groups excluding carboxylic acids is 12. The van der Waals surface area contributed by atoms with Crippen LogP contribution in [0, 0.1) is 0 Å². The largest absolute Gasteiger partial charge is 0.460 e. The van der Waals surface area contributed by atoms with E-state index < -0.39 is 215 Å². The molecule has 147 heavy (non-hydrogen) atoms. The van der Waals surface area contributed by atoms with Gasteiger partial charge in [0.05, 0.1) is 103 Å². The Morgan fingerprint density at radius 3 is 0.857 bits per heavy atom. The molecule has 808 valence electrons. The molecule has 6 rings (SSSR count). The zero-order chi connectivity index (χ0) is 110. The first-order valence-electron chi connectivity index (χ1n) is 47.0. The Morgan fingerprint density at radius 2 is 0.585 bits per heavy atom. The molecule has 0 unspecified atom stereocenters. The minimum absolute atomic E-state index is 0.0123. The maximum atomic E-state index is 15.6. The average Bonchev–Trinajstić information content (AvgIpc) is 0.779. The average molecular weight is 2100 g/mol. The van der Waals surface area contributed by atoms with Crippen molar-refractivity contribution in [1.82, 2.24) is 27.9 Å². The lowest BCUT2D eigenvalue weighted by atomic mass is 10.1. The van der Waals surface area contributed by atoms with Crippen LogP contribution in [0.5, 0.6) is 11.5 Å². The monoisotopic (exact) mass is 2100 g/mol. The van der Waals surface area contributed by atoms with Crippen molar-refractivity contribution in [2.45, 2.75) is 262 Å². The van der Waals surface area contributed by atoms with Gasteiger partial charge in [-0.15, -0.1) is 9.98 Å². The second-order valence-electron chi connectivity index (χ2n) is 40.7. The minimum Gasteiger partial charge on any atom is -0.460 e. The summed E-state index contributed by atoms with van der Waals surface area (Å²) in [4.78, 5) is 172. The molecule has 0 fully saturated rings. The van der Waals surface area contributed by atoms with Gasteiger partial charge in [-0.1, -0.05) is 84.9 Å². The van der Waals surface area contributed by atoms with Crippen molar-refractivity contribution in [3.63, 3.8) is 0 Å². The van der Waals surface area contributed by atoms with Gasteiger partial charge >= 0.3 is 92.8 Å². The molecule has 0 radical (unpaired) electrons. The van der Waals surface area contributed by atoms with Crippen molar-refractivity contribution >= 4 is 116 Å². The first-order chi connectivity index (χ1) is 68.3. The number of amides is 6. The van der Waals surface area contributed by atoms with Crippen molar-refractivity contribution in [2.24, 2.45) is 9.98 Å². The predicted molar refractivity (Wildman–Crippen MR) is 539 cm³/mol. The highest BCUT2D eigenvalue weighted by Crippen LogP contribution is 2.30. The lowest BCUT2D eigenvalue weighted by Gasteiger charge is -2.35. The predicted octanol–water partition coefficient (Wildman–Crippen LogP) is 15.6. The number of hydrogen-bond donors (Lipinski definition) is 4. The number of benzene rings is 6. The number of rotatable bonds is 44. The van der Waals surface area contributed by atoms with Crippen molar-refractivity contribution in [3.05, 3.63) is 191 Å². The van der Waals surface area contributed by atoms with Gasteiger partial charge in [0.25, 0.3) is 0 Å². The van der Waals surface area contributed by atoms with Crippen molar-refractivity contribution in [3.8, 4) is 11.5 Å². The molecule has 0 saturated heterocycles. The fourth-order valence-corrected chi connectivity index (χ4v) is 15.5. The van der Waals surface area contributed by atoms with Crippen molar-refractivity contribution < 1.29 is 155 Å². The molecule has 0 aliphatic carbocycles. The molecule has 6 aromatic carbocycles. The number of carbonyl (C=O) groups is 12. The van der Waals surface area contributed by atoms with Crippen LogP contribution in [0.3, 0.4) is 0 Å². The number of hydrogen-bond acceptors (Lipinski definition) is 33. The highest BCUT2D eigenvalue weighted by atomic mass is 32.2. The molecule has 0 aromatic heterocycles. The topological polar surface area (TPSA) is 516 Å². The van der Waals surface area contributed by atoms with Crippen LogP contribution in [0.15, 0.2) is 168 Å². The number of aliphatic imine (C=N–C) groups is 2. The zero-order valence-corrected chi connectivity index (χ0v) is 89.5. The van der Waals surface area contributed by atoms with Crippen molar-refractivity contribution in [2.75, 3.05) is 89.8 Å². The Balaban J connectivity index is 1.12. The molecule has 0 saturated carbocycles. The molecule has 0 aliphatic heterocycles. The lowest BCUT2D eigenvalue weighted by molar-refractivity contribution is -0.167. The summed E-state index contributed by atoms with van der Waals surface area (Å²) in [7, 11) is -10.7. The van der Waals surface area contributed by atoms with E-state index in [-0.39, 0.29) is 110 Å². The molecule has 0 aliphatic rings. The third-order valence-corrected chi connectivity index (χ3v) is 21.8. The van der Waals surface area contributed by atoms with Crippen LogP contribution < -0.4 is 30.7 Å². The molecule has 0 spiro atoms. The minimum atomic E-state index is -5.34. The summed E-state index contributed by atoms with van der Waals surface area (Å²) in [5.74, 6) is -6.84. The van der Waals surface area contributed by atoms with Crippen LogP contribution in [0.25, 0.3) is 0 Å². The molecule has 0 heterocycles. The summed E-state index contributed by atoms with van der Waals surface area (Å²) in [6, 6.07) is 34.7. The molecule has 6 aromatic rings. The second-order valence-corrected chi connectivity index (χ2v) is 44.3. The quantitative estimate of drug-likeness (QED) is 0.00689. The highest BCUT2D eigenvalue weighted by molar-refractivity contribution is 7.87. The van der Waals surface area contributed by atoms with Crippen molar-refractivity contribution in [1.29, 1.82) is 0 Å². The van der Waals surface area contributed by atoms with E-state index in [0.29, 0.717) is 28.3 Å². The van der Waals surface area contributed by atoms with Gasteiger partial charge in [-0.3, -0.25) is 29.8 Å². The Kier molecular flexibility index (Phi) is 46.2. The fraction of sp³-hybridized carbons (Fsp3) is 0.510. The van der Waals surface area contributed by atoms with E-state index in [0.717, 1.165) is 0 Å². The molecular formula is C102H140N10O33S2.